The molecule has 1 heterocycles. The smallest absolute Gasteiger partial charge is 0.317 e. The lowest BCUT2D eigenvalue weighted by Gasteiger charge is -2.33. The van der Waals surface area contributed by atoms with Gasteiger partial charge in [-0.1, -0.05) is 12.8 Å². The number of piperazine rings is 1. The van der Waals surface area contributed by atoms with Gasteiger partial charge >= 0.3 is 6.03 Å². The van der Waals surface area contributed by atoms with Crippen LogP contribution in [-0.2, 0) is 0 Å². The topological polar surface area (TPSA) is 38.8 Å². The Balaban J connectivity index is 1.31. The molecule has 3 fully saturated rings. The Kier molecular flexibility index (Phi) is 6.39. The normalized spacial score (nSPS) is 29.4. The van der Waals surface area contributed by atoms with Crippen LogP contribution in [0.3, 0.4) is 0 Å². The van der Waals surface area contributed by atoms with Gasteiger partial charge in [0.25, 0.3) is 0 Å². The van der Waals surface area contributed by atoms with E-state index in [0.29, 0.717) is 6.04 Å². The maximum atomic E-state index is 12.4. The second-order valence-electron chi connectivity index (χ2n) is 8.33. The molecule has 0 aromatic carbocycles. The molecule has 5 heteroatoms. The molecule has 0 spiro atoms. The fourth-order valence-corrected chi connectivity index (χ4v) is 4.34. The number of urea groups is 1. The van der Waals surface area contributed by atoms with E-state index >= 15 is 0 Å². The maximum Gasteiger partial charge on any atom is 0.317 e. The molecule has 2 saturated carbocycles. The Hall–Kier alpha value is -0.810. The van der Waals surface area contributed by atoms with E-state index in [9.17, 15) is 4.79 Å². The van der Waals surface area contributed by atoms with Crippen molar-refractivity contribution in [3.05, 3.63) is 0 Å². The fraction of sp³-hybridized carbons (Fsp3) is 0.947. The van der Waals surface area contributed by atoms with E-state index in [0.717, 1.165) is 44.4 Å². The van der Waals surface area contributed by atoms with Crippen molar-refractivity contribution in [3.8, 4) is 0 Å². The number of nitrogens with one attached hydrogen (secondary N) is 1. The second kappa shape index (κ2) is 8.52. The van der Waals surface area contributed by atoms with Gasteiger partial charge in [-0.15, -0.1) is 0 Å². The molecular weight excluding hydrogens is 300 g/mol. The van der Waals surface area contributed by atoms with Crippen LogP contribution in [0.4, 0.5) is 4.79 Å². The highest BCUT2D eigenvalue weighted by atomic mass is 16.2. The summed E-state index contributed by atoms with van der Waals surface area (Å²) < 4.78 is 0. The number of rotatable bonds is 6. The highest BCUT2D eigenvalue weighted by Gasteiger charge is 2.35. The Morgan fingerprint density at radius 2 is 1.83 bits per heavy atom. The van der Waals surface area contributed by atoms with Gasteiger partial charge in [0.05, 0.1) is 0 Å². The number of carbonyl (C=O) groups excluding carboxylic acids is 1. The van der Waals surface area contributed by atoms with Crippen LogP contribution in [0.5, 0.6) is 0 Å². The average Bonchev–Trinajstić information content (AvgIpc) is 3.42. The van der Waals surface area contributed by atoms with E-state index < -0.39 is 0 Å². The van der Waals surface area contributed by atoms with Crippen LogP contribution < -0.4 is 5.32 Å². The highest BCUT2D eigenvalue weighted by Crippen LogP contribution is 2.43. The van der Waals surface area contributed by atoms with Gasteiger partial charge in [0, 0.05) is 45.8 Å². The minimum Gasteiger partial charge on any atom is -0.335 e. The van der Waals surface area contributed by atoms with E-state index in [4.69, 9.17) is 0 Å². The van der Waals surface area contributed by atoms with Gasteiger partial charge in [-0.3, -0.25) is 0 Å². The molecule has 2 atom stereocenters. The average molecular weight is 337 g/mol. The summed E-state index contributed by atoms with van der Waals surface area (Å²) in [7, 11) is 4.13. The van der Waals surface area contributed by atoms with E-state index in [-0.39, 0.29) is 6.03 Å². The van der Waals surface area contributed by atoms with Crippen molar-refractivity contribution in [3.63, 3.8) is 0 Å². The third-order valence-corrected chi connectivity index (χ3v) is 6.24. The molecule has 0 bridgehead atoms. The first-order valence-electron chi connectivity index (χ1n) is 10.0. The zero-order valence-corrected chi connectivity index (χ0v) is 15.7. The van der Waals surface area contributed by atoms with Gasteiger partial charge in [0.2, 0.25) is 0 Å². The standard InChI is InChI=1S/C19H36N4O/c1-21-11-13-23(14-12-21)10-4-9-22(2)19(24)20-18-6-3-5-17(15-18)16-7-8-16/h16-18H,3-15H2,1-2H3,(H,20,24)/t17-,18-/m0/s1. The molecule has 24 heavy (non-hydrogen) atoms. The van der Waals surface area contributed by atoms with Crippen molar-refractivity contribution in [1.29, 1.82) is 0 Å². The predicted molar refractivity (Wildman–Crippen MR) is 98.2 cm³/mol. The monoisotopic (exact) mass is 336 g/mol. The summed E-state index contributed by atoms with van der Waals surface area (Å²) in [5.41, 5.74) is 0. The number of amides is 2. The first-order chi connectivity index (χ1) is 11.6. The predicted octanol–water partition coefficient (Wildman–Crippen LogP) is 2.23. The lowest BCUT2D eigenvalue weighted by Crippen LogP contribution is -2.47. The van der Waals surface area contributed by atoms with Crippen LogP contribution in [0.25, 0.3) is 0 Å². The molecule has 3 rings (SSSR count). The van der Waals surface area contributed by atoms with E-state index in [1.54, 1.807) is 0 Å². The Bertz CT molecular complexity index is 404. The van der Waals surface area contributed by atoms with Crippen LogP contribution in [0.1, 0.15) is 44.9 Å². The van der Waals surface area contributed by atoms with Crippen LogP contribution >= 0.6 is 0 Å². The number of hydrogen-bond acceptors (Lipinski definition) is 3. The highest BCUT2D eigenvalue weighted by molar-refractivity contribution is 5.74. The summed E-state index contributed by atoms with van der Waals surface area (Å²) in [5, 5.41) is 3.29. The quantitative estimate of drug-likeness (QED) is 0.808. The summed E-state index contributed by atoms with van der Waals surface area (Å²) in [4.78, 5) is 19.2. The summed E-state index contributed by atoms with van der Waals surface area (Å²) >= 11 is 0. The molecule has 0 unspecified atom stereocenters. The van der Waals surface area contributed by atoms with Gasteiger partial charge in [0.15, 0.2) is 0 Å². The maximum absolute atomic E-state index is 12.4. The SMILES string of the molecule is CN1CCN(CCCN(C)C(=O)N[C@H]2CCC[C@H](C3CC3)C2)CC1. The molecule has 0 aromatic heterocycles. The first kappa shape index (κ1) is 18.0. The van der Waals surface area contributed by atoms with Crippen LogP contribution in [0.2, 0.25) is 0 Å². The van der Waals surface area contributed by atoms with Crippen molar-refractivity contribution in [1.82, 2.24) is 20.0 Å². The summed E-state index contributed by atoms with van der Waals surface area (Å²) in [6.07, 6.45) is 8.99. The molecular formula is C19H36N4O. The molecule has 1 N–H and O–H groups in total. The Labute approximate surface area is 147 Å². The molecule has 3 aliphatic rings. The lowest BCUT2D eigenvalue weighted by molar-refractivity contribution is 0.147. The van der Waals surface area contributed by atoms with Crippen molar-refractivity contribution >= 4 is 6.03 Å². The Morgan fingerprint density at radius 1 is 1.08 bits per heavy atom. The van der Waals surface area contributed by atoms with Gasteiger partial charge in [-0.25, -0.2) is 4.79 Å². The molecule has 2 aliphatic carbocycles. The van der Waals surface area contributed by atoms with Gasteiger partial charge < -0.3 is 20.0 Å². The van der Waals surface area contributed by atoms with E-state index in [1.165, 1.54) is 51.6 Å². The van der Waals surface area contributed by atoms with E-state index in [1.807, 2.05) is 11.9 Å². The minimum atomic E-state index is 0.134. The minimum absolute atomic E-state index is 0.134. The summed E-state index contributed by atoms with van der Waals surface area (Å²) in [5.74, 6) is 1.86. The number of likely N-dealkylation sites (N-methyl/N-ethyl adjacent to an activating group) is 1. The molecule has 5 nitrogen and oxygen atoms in total. The lowest BCUT2D eigenvalue weighted by atomic mass is 9.83. The number of carbonyl (C=O) groups is 1. The van der Waals surface area contributed by atoms with Crippen LogP contribution in [0, 0.1) is 11.8 Å². The van der Waals surface area contributed by atoms with Gasteiger partial charge in [0.1, 0.15) is 0 Å². The zero-order chi connectivity index (χ0) is 16.9. The van der Waals surface area contributed by atoms with Crippen molar-refractivity contribution in [2.75, 3.05) is 53.4 Å². The Morgan fingerprint density at radius 3 is 2.54 bits per heavy atom. The van der Waals surface area contributed by atoms with Crippen LogP contribution in [0.15, 0.2) is 0 Å². The molecule has 1 aliphatic heterocycles. The molecule has 0 radical (unpaired) electrons. The van der Waals surface area contributed by atoms with Crippen LogP contribution in [-0.4, -0.2) is 80.1 Å². The molecule has 1 saturated heterocycles. The summed E-state index contributed by atoms with van der Waals surface area (Å²) in [6, 6.07) is 0.548. The summed E-state index contributed by atoms with van der Waals surface area (Å²) in [6.45, 7) is 6.63. The van der Waals surface area contributed by atoms with Crippen molar-refractivity contribution < 1.29 is 4.79 Å². The largest absolute Gasteiger partial charge is 0.335 e. The second-order valence-corrected chi connectivity index (χ2v) is 8.33. The third kappa shape index (κ3) is 5.35. The van der Waals surface area contributed by atoms with Gasteiger partial charge in [-0.2, -0.15) is 0 Å². The first-order valence-corrected chi connectivity index (χ1v) is 10.0. The number of nitrogens with zero attached hydrogens (tertiary/aromatic N) is 3. The van der Waals surface area contributed by atoms with Crippen molar-refractivity contribution in [2.24, 2.45) is 11.8 Å². The molecule has 138 valence electrons. The zero-order valence-electron chi connectivity index (χ0n) is 15.7. The molecule has 0 aromatic rings. The fourth-order valence-electron chi connectivity index (χ4n) is 4.34. The third-order valence-electron chi connectivity index (χ3n) is 6.24. The van der Waals surface area contributed by atoms with E-state index in [2.05, 4.69) is 22.2 Å². The van der Waals surface area contributed by atoms with Crippen molar-refractivity contribution in [2.45, 2.75) is 51.0 Å². The van der Waals surface area contributed by atoms with Gasteiger partial charge in [-0.05, 0) is 57.5 Å². The molecule has 2 amide bonds. The number of hydrogen-bond donors (Lipinski definition) is 1.